The van der Waals surface area contributed by atoms with E-state index in [-0.39, 0.29) is 31.0 Å². The molecule has 0 bridgehead atoms. The van der Waals surface area contributed by atoms with Gasteiger partial charge in [0.05, 0.1) is 18.3 Å². The number of benzene rings is 1. The van der Waals surface area contributed by atoms with Crippen molar-refractivity contribution in [1.82, 2.24) is 15.2 Å². The first-order chi connectivity index (χ1) is 15.0. The number of carbonyl (C=O) groups excluding carboxylic acids is 1. The lowest BCUT2D eigenvalue weighted by molar-refractivity contribution is -0.143. The number of nitrogens with one attached hydrogen (secondary N) is 1. The topological polar surface area (TPSA) is 67.6 Å². The predicted octanol–water partition coefficient (Wildman–Crippen LogP) is 4.78. The molecular weight excluding hydrogens is 485 g/mol. The maximum Gasteiger partial charge on any atom is 0.325 e. The minimum Gasteiger partial charge on any atom is -0.465 e. The molecule has 4 rings (SSSR count). The number of rotatable bonds is 6. The summed E-state index contributed by atoms with van der Waals surface area (Å²) in [4.78, 5) is 18.4. The van der Waals surface area contributed by atoms with Crippen LogP contribution >= 0.6 is 28.1 Å². The Kier molecular flexibility index (Phi) is 6.33. The number of furan rings is 1. The summed E-state index contributed by atoms with van der Waals surface area (Å²) in [5, 5.41) is 3.66. The van der Waals surface area contributed by atoms with Crippen LogP contribution in [0, 0.1) is 5.82 Å². The summed E-state index contributed by atoms with van der Waals surface area (Å²) in [6.07, 6.45) is 1.70. The predicted molar refractivity (Wildman–Crippen MR) is 121 cm³/mol. The van der Waals surface area contributed by atoms with Gasteiger partial charge in [0.1, 0.15) is 29.9 Å². The fourth-order valence-corrected chi connectivity index (χ4v) is 4.43. The molecule has 1 N–H and O–H groups in total. The van der Waals surface area contributed by atoms with E-state index in [1.807, 2.05) is 30.3 Å². The van der Waals surface area contributed by atoms with Gasteiger partial charge in [-0.25, -0.2) is 4.39 Å². The summed E-state index contributed by atoms with van der Waals surface area (Å²) in [5.41, 5.74) is 1.48. The number of esters is 1. The Labute approximate surface area is 192 Å². The molecule has 9 heteroatoms. The van der Waals surface area contributed by atoms with Crippen molar-refractivity contribution in [2.45, 2.75) is 19.0 Å². The SMILES string of the molecule is CCOC(=O)CN1C(=S)NC(c2ccccn2)C1c1ccc(-c2ccc(F)cc2Br)o1. The van der Waals surface area contributed by atoms with Crippen LogP contribution in [0.2, 0.25) is 0 Å². The number of nitrogens with zero attached hydrogens (tertiary/aromatic N) is 2. The van der Waals surface area contributed by atoms with Crippen LogP contribution in [0.1, 0.15) is 30.5 Å². The lowest BCUT2D eigenvalue weighted by Crippen LogP contribution is -2.35. The summed E-state index contributed by atoms with van der Waals surface area (Å²) in [6.45, 7) is 2.01. The summed E-state index contributed by atoms with van der Waals surface area (Å²) >= 11 is 8.90. The van der Waals surface area contributed by atoms with Crippen LogP contribution in [0.4, 0.5) is 4.39 Å². The third kappa shape index (κ3) is 4.47. The highest BCUT2D eigenvalue weighted by atomic mass is 79.9. The summed E-state index contributed by atoms with van der Waals surface area (Å²) in [7, 11) is 0. The fourth-order valence-electron chi connectivity index (χ4n) is 3.58. The number of carbonyl (C=O) groups is 1. The van der Waals surface area contributed by atoms with Crippen LogP contribution in [0.3, 0.4) is 0 Å². The maximum absolute atomic E-state index is 13.5. The van der Waals surface area contributed by atoms with E-state index in [0.29, 0.717) is 26.7 Å². The Bertz CT molecular complexity index is 1110. The van der Waals surface area contributed by atoms with Crippen LogP contribution in [-0.4, -0.2) is 34.1 Å². The zero-order chi connectivity index (χ0) is 22.0. The third-order valence-corrected chi connectivity index (χ3v) is 5.93. The highest BCUT2D eigenvalue weighted by Gasteiger charge is 2.42. The van der Waals surface area contributed by atoms with Gasteiger partial charge in [0.25, 0.3) is 0 Å². The van der Waals surface area contributed by atoms with Gasteiger partial charge in [-0.15, -0.1) is 0 Å². The number of thiocarbonyl (C=S) groups is 1. The molecule has 3 aromatic rings. The molecule has 0 saturated carbocycles. The molecule has 31 heavy (non-hydrogen) atoms. The first-order valence-electron chi connectivity index (χ1n) is 9.66. The van der Waals surface area contributed by atoms with E-state index in [4.69, 9.17) is 21.4 Å². The molecule has 1 saturated heterocycles. The molecule has 0 spiro atoms. The van der Waals surface area contributed by atoms with Crippen LogP contribution in [-0.2, 0) is 9.53 Å². The Morgan fingerprint density at radius 3 is 2.87 bits per heavy atom. The molecule has 1 aromatic carbocycles. The summed E-state index contributed by atoms with van der Waals surface area (Å²) in [6, 6.07) is 12.9. The summed E-state index contributed by atoms with van der Waals surface area (Å²) in [5.74, 6) is 0.434. The molecule has 2 unspecified atom stereocenters. The van der Waals surface area contributed by atoms with Gasteiger partial charge in [-0.2, -0.15) is 0 Å². The molecule has 6 nitrogen and oxygen atoms in total. The first kappa shape index (κ1) is 21.5. The van der Waals surface area contributed by atoms with E-state index in [2.05, 4.69) is 26.2 Å². The second kappa shape index (κ2) is 9.15. The van der Waals surface area contributed by atoms with Gasteiger partial charge in [-0.05, 0) is 77.5 Å². The van der Waals surface area contributed by atoms with Gasteiger partial charge in [-0.3, -0.25) is 9.78 Å². The quantitative estimate of drug-likeness (QED) is 0.383. The second-order valence-electron chi connectivity index (χ2n) is 6.89. The normalized spacial score (nSPS) is 18.2. The molecule has 3 heterocycles. The van der Waals surface area contributed by atoms with Gasteiger partial charge in [0.15, 0.2) is 5.11 Å². The van der Waals surface area contributed by atoms with Crippen molar-refractivity contribution >= 4 is 39.2 Å². The summed E-state index contributed by atoms with van der Waals surface area (Å²) < 4.78 is 25.4. The van der Waals surface area contributed by atoms with Crippen LogP contribution in [0.5, 0.6) is 0 Å². The van der Waals surface area contributed by atoms with E-state index in [9.17, 15) is 9.18 Å². The number of ether oxygens (including phenoxy) is 1. The average Bonchev–Trinajstić information content (AvgIpc) is 3.34. The van der Waals surface area contributed by atoms with Crippen molar-refractivity contribution in [3.05, 3.63) is 76.5 Å². The van der Waals surface area contributed by atoms with Gasteiger partial charge < -0.3 is 19.4 Å². The number of halogens is 2. The van der Waals surface area contributed by atoms with Gasteiger partial charge in [-0.1, -0.05) is 6.07 Å². The molecule has 2 atom stereocenters. The Morgan fingerprint density at radius 1 is 1.32 bits per heavy atom. The fraction of sp³-hybridized carbons (Fsp3) is 0.227. The minimum absolute atomic E-state index is 0.0239. The number of aromatic nitrogens is 1. The highest BCUT2D eigenvalue weighted by Crippen LogP contribution is 2.41. The van der Waals surface area contributed by atoms with Gasteiger partial charge >= 0.3 is 5.97 Å². The zero-order valence-corrected chi connectivity index (χ0v) is 19.0. The molecule has 1 aliphatic heterocycles. The van der Waals surface area contributed by atoms with E-state index < -0.39 is 6.04 Å². The lowest BCUT2D eigenvalue weighted by Gasteiger charge is -2.25. The molecular formula is C22H19BrFN3O3S. The third-order valence-electron chi connectivity index (χ3n) is 4.92. The zero-order valence-electron chi connectivity index (χ0n) is 16.5. The standard InChI is InChI=1S/C22H19BrFN3O3S/c1-2-29-19(28)12-27-21(20(26-22(27)31)16-5-3-4-10-25-16)18-9-8-17(30-18)14-7-6-13(24)11-15(14)23/h3-11,20-21H,2,12H2,1H3,(H,26,31). The molecule has 0 radical (unpaired) electrons. The number of hydrogen-bond donors (Lipinski definition) is 1. The van der Waals surface area contributed by atoms with Crippen LogP contribution in [0.15, 0.2) is 63.6 Å². The maximum atomic E-state index is 13.5. The Balaban J connectivity index is 1.72. The van der Waals surface area contributed by atoms with Crippen molar-refractivity contribution in [2.24, 2.45) is 0 Å². The van der Waals surface area contributed by atoms with Crippen molar-refractivity contribution in [3.63, 3.8) is 0 Å². The lowest BCUT2D eigenvalue weighted by atomic mass is 10.0. The largest absolute Gasteiger partial charge is 0.465 e. The molecule has 1 aliphatic rings. The van der Waals surface area contributed by atoms with Crippen molar-refractivity contribution in [2.75, 3.05) is 13.2 Å². The van der Waals surface area contributed by atoms with E-state index in [1.165, 1.54) is 12.1 Å². The first-order valence-corrected chi connectivity index (χ1v) is 10.9. The van der Waals surface area contributed by atoms with E-state index >= 15 is 0 Å². The number of hydrogen-bond acceptors (Lipinski definition) is 5. The van der Waals surface area contributed by atoms with Crippen molar-refractivity contribution in [3.8, 4) is 11.3 Å². The molecule has 0 aliphatic carbocycles. The molecule has 160 valence electrons. The van der Waals surface area contributed by atoms with Crippen molar-refractivity contribution in [1.29, 1.82) is 0 Å². The Hall–Kier alpha value is -2.78. The number of pyridine rings is 1. The molecule has 1 fully saturated rings. The average molecular weight is 504 g/mol. The highest BCUT2D eigenvalue weighted by molar-refractivity contribution is 9.10. The molecule has 0 amide bonds. The van der Waals surface area contributed by atoms with Gasteiger partial charge in [0, 0.05) is 16.2 Å². The van der Waals surface area contributed by atoms with Crippen LogP contribution < -0.4 is 5.32 Å². The Morgan fingerprint density at radius 2 is 2.16 bits per heavy atom. The smallest absolute Gasteiger partial charge is 0.325 e. The minimum atomic E-state index is -0.417. The van der Waals surface area contributed by atoms with Crippen LogP contribution in [0.25, 0.3) is 11.3 Å². The second-order valence-corrected chi connectivity index (χ2v) is 8.13. The van der Waals surface area contributed by atoms with E-state index in [1.54, 1.807) is 24.1 Å². The van der Waals surface area contributed by atoms with E-state index in [0.717, 1.165) is 5.69 Å². The monoisotopic (exact) mass is 503 g/mol. The molecule has 2 aromatic heterocycles. The van der Waals surface area contributed by atoms with Gasteiger partial charge in [0.2, 0.25) is 0 Å². The van der Waals surface area contributed by atoms with Crippen molar-refractivity contribution < 1.29 is 18.3 Å².